The summed E-state index contributed by atoms with van der Waals surface area (Å²) in [5.74, 6) is -3.37. The summed E-state index contributed by atoms with van der Waals surface area (Å²) in [6.45, 7) is 10.1. The van der Waals surface area contributed by atoms with Crippen LogP contribution in [0, 0.1) is 11.8 Å². The smallest absolute Gasteiger partial charge is 0.313 e. The first-order valence-corrected chi connectivity index (χ1v) is 20.0. The minimum absolute atomic E-state index is 0.0590. The summed E-state index contributed by atoms with van der Waals surface area (Å²) in [5, 5.41) is 17.9. The quantitative estimate of drug-likeness (QED) is 0.0780. The van der Waals surface area contributed by atoms with Gasteiger partial charge in [-0.1, -0.05) is 88.6 Å². The number of nitrogens with zero attached hydrogens (tertiary/aromatic N) is 6. The van der Waals surface area contributed by atoms with Crippen molar-refractivity contribution in [2.24, 2.45) is 11.8 Å². The second-order valence-corrected chi connectivity index (χ2v) is 15.9. The van der Waals surface area contributed by atoms with Gasteiger partial charge in [0.25, 0.3) is 0 Å². The lowest BCUT2D eigenvalue weighted by molar-refractivity contribution is -0.164. The Morgan fingerprint density at radius 2 is 1.82 bits per heavy atom. The Hall–Kier alpha value is -4.40. The number of likely N-dealkylation sites (tertiary alicyclic amines) is 1. The van der Waals surface area contributed by atoms with Gasteiger partial charge in [0.1, 0.15) is 29.9 Å². The normalized spacial score (nSPS) is 25.1. The van der Waals surface area contributed by atoms with Crippen LogP contribution in [0.15, 0.2) is 79.9 Å². The van der Waals surface area contributed by atoms with Crippen LogP contribution in [-0.2, 0) is 35.3 Å². The fourth-order valence-corrected chi connectivity index (χ4v) is 9.46. The largest absolute Gasteiger partial charge is 0.455 e. The number of hydrogen-bond donors (Lipinski definition) is 1. The fourth-order valence-electron chi connectivity index (χ4n) is 8.52. The SMILES string of the molecule is C=CCCC(=O)N(C)[C@H](C)[C@H](OC(=O)[C@H]1[C@@H]2O[C@@]3(CC2Br)[C@@H]1C(=O)N(CCCCCCO)[C@@H]3C(=O)N(CC=C)Cn1nnc2ccccc21)c1ccccc1. The number of para-hydroxylation sites is 1. The molecule has 0 saturated carbocycles. The third-order valence-corrected chi connectivity index (χ3v) is 12.2. The maximum atomic E-state index is 15.0. The van der Waals surface area contributed by atoms with E-state index in [-0.39, 0.29) is 55.3 Å². The summed E-state index contributed by atoms with van der Waals surface area (Å²) in [6.07, 6.45) is 5.63. The summed E-state index contributed by atoms with van der Waals surface area (Å²) >= 11 is 3.77. The molecule has 294 valence electrons. The lowest BCUT2D eigenvalue weighted by Crippen LogP contribution is -2.57. The van der Waals surface area contributed by atoms with Crippen LogP contribution in [0.3, 0.4) is 0 Å². The van der Waals surface area contributed by atoms with Crippen LogP contribution in [0.4, 0.5) is 0 Å². The van der Waals surface area contributed by atoms with Crippen LogP contribution >= 0.6 is 15.9 Å². The molecule has 2 aromatic carbocycles. The molecule has 0 aliphatic carbocycles. The van der Waals surface area contributed by atoms with E-state index in [2.05, 4.69) is 39.4 Å². The topological polar surface area (TPSA) is 147 Å². The fraction of sp³-hybridized carbons (Fsp3) is 0.512. The molecule has 1 unspecified atom stereocenters. The minimum Gasteiger partial charge on any atom is -0.455 e. The number of benzene rings is 2. The molecular weight excluding hydrogens is 768 g/mol. The van der Waals surface area contributed by atoms with Crippen molar-refractivity contribution in [2.75, 3.05) is 26.7 Å². The predicted octanol–water partition coefficient (Wildman–Crippen LogP) is 4.80. The maximum Gasteiger partial charge on any atom is 0.313 e. The van der Waals surface area contributed by atoms with Crippen molar-refractivity contribution in [3.8, 4) is 0 Å². The number of aromatic nitrogens is 3. The van der Waals surface area contributed by atoms with Crippen molar-refractivity contribution in [1.29, 1.82) is 0 Å². The van der Waals surface area contributed by atoms with E-state index in [1.54, 1.807) is 38.6 Å². The molecule has 3 fully saturated rings. The van der Waals surface area contributed by atoms with Gasteiger partial charge in [0.15, 0.2) is 0 Å². The van der Waals surface area contributed by atoms with E-state index in [0.29, 0.717) is 36.8 Å². The van der Waals surface area contributed by atoms with E-state index in [4.69, 9.17) is 9.47 Å². The van der Waals surface area contributed by atoms with Crippen LogP contribution in [-0.4, -0.2) is 114 Å². The number of unbranched alkanes of at least 4 members (excludes halogenated alkanes) is 3. The third kappa shape index (κ3) is 7.86. The monoisotopic (exact) mass is 818 g/mol. The van der Waals surface area contributed by atoms with E-state index in [1.165, 1.54) is 0 Å². The van der Waals surface area contributed by atoms with E-state index in [1.807, 2.05) is 61.5 Å². The molecule has 4 heterocycles. The summed E-state index contributed by atoms with van der Waals surface area (Å²) < 4.78 is 14.8. The molecular formula is C41H51BrN6O7. The number of carbonyl (C=O) groups excluding carboxylic acids is 4. The lowest BCUT2D eigenvalue weighted by Gasteiger charge is -2.37. The first-order valence-electron chi connectivity index (χ1n) is 19.1. The number of aliphatic hydroxyl groups excluding tert-OH is 1. The van der Waals surface area contributed by atoms with Crippen molar-refractivity contribution in [1.82, 2.24) is 29.7 Å². The van der Waals surface area contributed by atoms with Gasteiger partial charge in [-0.15, -0.1) is 18.3 Å². The highest BCUT2D eigenvalue weighted by molar-refractivity contribution is 9.09. The number of aliphatic hydroxyl groups is 1. The molecule has 8 atom stereocenters. The molecule has 6 rings (SSSR count). The van der Waals surface area contributed by atoms with Gasteiger partial charge in [0.05, 0.1) is 29.5 Å². The number of carbonyl (C=O) groups is 4. The zero-order valence-corrected chi connectivity index (χ0v) is 33.1. The Kier molecular flexibility index (Phi) is 12.9. The zero-order valence-electron chi connectivity index (χ0n) is 31.5. The highest BCUT2D eigenvalue weighted by Gasteiger charge is 2.77. The number of rotatable bonds is 19. The Morgan fingerprint density at radius 1 is 1.09 bits per heavy atom. The second kappa shape index (κ2) is 17.6. The number of halogens is 1. The Morgan fingerprint density at radius 3 is 2.55 bits per heavy atom. The molecule has 1 N–H and O–H groups in total. The van der Waals surface area contributed by atoms with Crippen LogP contribution in [0.2, 0.25) is 0 Å². The molecule has 13 nitrogen and oxygen atoms in total. The van der Waals surface area contributed by atoms with Crippen LogP contribution in [0.5, 0.6) is 0 Å². The van der Waals surface area contributed by atoms with E-state index < -0.39 is 47.7 Å². The van der Waals surface area contributed by atoms with Gasteiger partial charge in [0, 0.05) is 38.0 Å². The Balaban J connectivity index is 1.33. The molecule has 14 heteroatoms. The molecule has 3 aliphatic rings. The number of alkyl halides is 1. The maximum absolute atomic E-state index is 15.0. The number of amides is 3. The Bertz CT molecular complexity index is 1870. The number of ether oxygens (including phenoxy) is 2. The van der Waals surface area contributed by atoms with Crippen molar-refractivity contribution in [3.05, 3.63) is 85.5 Å². The van der Waals surface area contributed by atoms with Crippen molar-refractivity contribution >= 4 is 50.7 Å². The van der Waals surface area contributed by atoms with Gasteiger partial charge in [0.2, 0.25) is 17.7 Å². The lowest BCUT2D eigenvalue weighted by atomic mass is 9.70. The van der Waals surface area contributed by atoms with Gasteiger partial charge < -0.3 is 29.3 Å². The number of esters is 1. The number of likely N-dealkylation sites (N-methyl/N-ethyl adjacent to an activating group) is 1. The number of fused-ring (bicyclic) bond motifs is 2. The average molecular weight is 820 g/mol. The summed E-state index contributed by atoms with van der Waals surface area (Å²) in [6, 6.07) is 15.2. The van der Waals surface area contributed by atoms with E-state index in [9.17, 15) is 24.3 Å². The number of allylic oxidation sites excluding steroid dienone is 1. The van der Waals surface area contributed by atoms with Crippen molar-refractivity contribution < 1.29 is 33.8 Å². The highest BCUT2D eigenvalue weighted by Crippen LogP contribution is 2.60. The van der Waals surface area contributed by atoms with Crippen molar-refractivity contribution in [2.45, 2.75) is 93.3 Å². The molecule has 1 aromatic heterocycles. The second-order valence-electron chi connectivity index (χ2n) is 14.7. The van der Waals surface area contributed by atoms with Gasteiger partial charge in [-0.25, -0.2) is 4.68 Å². The molecule has 55 heavy (non-hydrogen) atoms. The minimum atomic E-state index is -1.31. The first kappa shape index (κ1) is 40.3. The van der Waals surface area contributed by atoms with Gasteiger partial charge >= 0.3 is 5.97 Å². The van der Waals surface area contributed by atoms with Crippen molar-refractivity contribution in [3.63, 3.8) is 0 Å². The zero-order chi connectivity index (χ0) is 39.3. The van der Waals surface area contributed by atoms with Gasteiger partial charge in [-0.3, -0.25) is 19.2 Å². The first-order chi connectivity index (χ1) is 26.6. The van der Waals surface area contributed by atoms with E-state index in [0.717, 1.165) is 18.4 Å². The number of hydrogen-bond acceptors (Lipinski definition) is 9. The van der Waals surface area contributed by atoms with Crippen LogP contribution in [0.25, 0.3) is 11.0 Å². The average Bonchev–Trinajstić information content (AvgIpc) is 3.92. The molecule has 2 bridgehead atoms. The summed E-state index contributed by atoms with van der Waals surface area (Å²) in [5.41, 5.74) is 0.832. The molecule has 3 aromatic rings. The third-order valence-electron chi connectivity index (χ3n) is 11.4. The predicted molar refractivity (Wildman–Crippen MR) is 209 cm³/mol. The van der Waals surface area contributed by atoms with Crippen LogP contribution < -0.4 is 0 Å². The Labute approximate surface area is 330 Å². The molecule has 3 saturated heterocycles. The van der Waals surface area contributed by atoms with Crippen LogP contribution in [0.1, 0.15) is 63.5 Å². The summed E-state index contributed by atoms with van der Waals surface area (Å²) in [7, 11) is 1.69. The van der Waals surface area contributed by atoms with Gasteiger partial charge in [-0.05, 0) is 50.3 Å². The van der Waals surface area contributed by atoms with Gasteiger partial charge in [-0.2, -0.15) is 0 Å². The molecule has 1 spiro atoms. The molecule has 3 aliphatic heterocycles. The molecule has 0 radical (unpaired) electrons. The van der Waals surface area contributed by atoms with E-state index >= 15 is 0 Å². The highest BCUT2D eigenvalue weighted by atomic mass is 79.9. The standard InChI is InChI=1S/C41H51BrN6O7/c1-5-7-21-32(50)45(4)27(3)35(28-17-11-10-12-18-28)54-40(53)33-34-38(51)47(23-15-8-9-16-24-49)37(41(34)25-29(42)36(33)55-41)39(52)46(22-6-2)26-48-31-20-14-13-19-30(31)43-44-48/h5-6,10-14,17-20,27,29,33-37,49H,1-2,7-9,15-16,21-26H2,3-4H3/t27-,29?,33-,34+,35+,36-,37-,41+/m1/s1. The molecule has 3 amide bonds. The summed E-state index contributed by atoms with van der Waals surface area (Å²) in [4.78, 5) is 62.0.